The molecule has 134 valence electrons. The van der Waals surface area contributed by atoms with Crippen molar-refractivity contribution in [2.45, 2.75) is 18.7 Å². The van der Waals surface area contributed by atoms with E-state index in [0.29, 0.717) is 11.3 Å². The molecule has 3 N–H and O–H groups in total. The van der Waals surface area contributed by atoms with Crippen LogP contribution in [0.15, 0.2) is 41.3 Å². The van der Waals surface area contributed by atoms with Gasteiger partial charge in [0.2, 0.25) is 0 Å². The number of amides is 1. The number of nitrogens with one attached hydrogen (secondary N) is 1. The number of nitrogens with zero attached hydrogens (tertiary/aromatic N) is 1. The number of aryl methyl sites for hydroxylation is 2. The number of nitrogens with two attached hydrogens (primary N) is 1. The quantitative estimate of drug-likeness (QED) is 0.457. The fourth-order valence-electron chi connectivity index (χ4n) is 2.33. The average Bonchev–Trinajstić information content (AvgIpc) is 2.55. The molecule has 0 aliphatic carbocycles. The third-order valence-electron chi connectivity index (χ3n) is 3.55. The van der Waals surface area contributed by atoms with Crippen molar-refractivity contribution in [2.24, 2.45) is 5.84 Å². The lowest BCUT2D eigenvalue weighted by molar-refractivity contribution is -0.119. The lowest BCUT2D eigenvalue weighted by Gasteiger charge is -2.25. The standard InChI is InChI=1S/C16H17Cl2N3O3S/c1-10-3-6-15(11(2)7-10)21(9-16(22)20-19)25(23,24)12-4-5-13(17)14(18)8-12/h3-8H,9,19H2,1-2H3,(H,20,22). The summed E-state index contributed by atoms with van der Waals surface area (Å²) in [4.78, 5) is 11.7. The molecule has 0 spiro atoms. The molecule has 0 saturated heterocycles. The molecule has 0 atom stereocenters. The molecule has 0 unspecified atom stereocenters. The van der Waals surface area contributed by atoms with Gasteiger partial charge in [-0.3, -0.25) is 14.5 Å². The Balaban J connectivity index is 2.61. The van der Waals surface area contributed by atoms with Gasteiger partial charge in [0.25, 0.3) is 15.9 Å². The van der Waals surface area contributed by atoms with Crippen LogP contribution in [-0.4, -0.2) is 20.9 Å². The summed E-state index contributed by atoms with van der Waals surface area (Å²) in [6, 6.07) is 9.20. The predicted molar refractivity (Wildman–Crippen MR) is 99.2 cm³/mol. The monoisotopic (exact) mass is 401 g/mol. The number of rotatable bonds is 5. The van der Waals surface area contributed by atoms with Crippen LogP contribution in [-0.2, 0) is 14.8 Å². The summed E-state index contributed by atoms with van der Waals surface area (Å²) in [5, 5.41) is 0.338. The van der Waals surface area contributed by atoms with Crippen molar-refractivity contribution in [1.82, 2.24) is 5.43 Å². The second-order valence-corrected chi connectivity index (χ2v) is 8.12. The molecule has 0 fully saturated rings. The molecule has 0 aliphatic heterocycles. The van der Waals surface area contributed by atoms with Gasteiger partial charge in [0, 0.05) is 0 Å². The molecule has 0 saturated carbocycles. The number of hydrogen-bond donors (Lipinski definition) is 2. The highest BCUT2D eigenvalue weighted by Gasteiger charge is 2.28. The zero-order chi connectivity index (χ0) is 18.8. The fraction of sp³-hybridized carbons (Fsp3) is 0.188. The summed E-state index contributed by atoms with van der Waals surface area (Å²) in [5.41, 5.74) is 3.99. The second kappa shape index (κ2) is 7.61. The van der Waals surface area contributed by atoms with Gasteiger partial charge in [0.15, 0.2) is 0 Å². The van der Waals surface area contributed by atoms with Gasteiger partial charge in [-0.1, -0.05) is 40.9 Å². The molecule has 0 aliphatic rings. The predicted octanol–water partition coefficient (Wildman–Crippen LogP) is 2.80. The van der Waals surface area contributed by atoms with E-state index >= 15 is 0 Å². The van der Waals surface area contributed by atoms with Crippen LogP contribution in [0.25, 0.3) is 0 Å². The van der Waals surface area contributed by atoms with Crippen molar-refractivity contribution in [3.63, 3.8) is 0 Å². The van der Waals surface area contributed by atoms with Crippen LogP contribution in [0.5, 0.6) is 0 Å². The maximum atomic E-state index is 13.1. The smallest absolute Gasteiger partial charge is 0.264 e. The Labute approximate surface area is 156 Å². The van der Waals surface area contributed by atoms with Gasteiger partial charge in [0.05, 0.1) is 20.6 Å². The number of benzene rings is 2. The number of hydrogen-bond acceptors (Lipinski definition) is 4. The average molecular weight is 402 g/mol. The Morgan fingerprint density at radius 2 is 1.80 bits per heavy atom. The Hall–Kier alpha value is -1.80. The van der Waals surface area contributed by atoms with E-state index in [1.165, 1.54) is 18.2 Å². The molecule has 9 heteroatoms. The third kappa shape index (κ3) is 4.24. The van der Waals surface area contributed by atoms with Crippen LogP contribution in [0.2, 0.25) is 10.0 Å². The summed E-state index contributed by atoms with van der Waals surface area (Å²) in [5.74, 6) is 4.48. The minimum absolute atomic E-state index is 0.0771. The molecule has 0 aromatic heterocycles. The molecule has 0 heterocycles. The van der Waals surface area contributed by atoms with E-state index in [2.05, 4.69) is 0 Å². The number of hydrazine groups is 1. The fourth-order valence-corrected chi connectivity index (χ4v) is 4.20. The molecule has 6 nitrogen and oxygen atoms in total. The Kier molecular flexibility index (Phi) is 5.95. The van der Waals surface area contributed by atoms with E-state index in [1.807, 2.05) is 18.4 Å². The zero-order valence-corrected chi connectivity index (χ0v) is 15.9. The maximum absolute atomic E-state index is 13.1. The first-order valence-electron chi connectivity index (χ1n) is 7.21. The van der Waals surface area contributed by atoms with Crippen LogP contribution < -0.4 is 15.6 Å². The van der Waals surface area contributed by atoms with Crippen LogP contribution in [0.1, 0.15) is 11.1 Å². The molecule has 1 amide bonds. The normalized spacial score (nSPS) is 11.2. The minimum Gasteiger partial charge on any atom is -0.293 e. The van der Waals surface area contributed by atoms with Crippen molar-refractivity contribution in [3.8, 4) is 0 Å². The van der Waals surface area contributed by atoms with Crippen LogP contribution in [0.4, 0.5) is 5.69 Å². The maximum Gasteiger partial charge on any atom is 0.264 e. The van der Waals surface area contributed by atoms with E-state index in [1.54, 1.807) is 19.1 Å². The van der Waals surface area contributed by atoms with Gasteiger partial charge in [-0.15, -0.1) is 0 Å². The summed E-state index contributed by atoms with van der Waals surface area (Å²) >= 11 is 11.8. The van der Waals surface area contributed by atoms with Gasteiger partial charge in [-0.25, -0.2) is 14.3 Å². The first kappa shape index (κ1) is 19.5. The van der Waals surface area contributed by atoms with Gasteiger partial charge >= 0.3 is 0 Å². The molecular weight excluding hydrogens is 385 g/mol. The first-order valence-corrected chi connectivity index (χ1v) is 9.41. The molecule has 2 aromatic carbocycles. The summed E-state index contributed by atoms with van der Waals surface area (Å²) in [6.45, 7) is 3.18. The molecular formula is C16H17Cl2N3O3S. The van der Waals surface area contributed by atoms with E-state index in [9.17, 15) is 13.2 Å². The molecule has 2 rings (SSSR count). The van der Waals surface area contributed by atoms with Crippen molar-refractivity contribution >= 4 is 44.8 Å². The largest absolute Gasteiger partial charge is 0.293 e. The van der Waals surface area contributed by atoms with E-state index in [0.717, 1.165) is 9.87 Å². The highest BCUT2D eigenvalue weighted by atomic mass is 35.5. The zero-order valence-electron chi connectivity index (χ0n) is 13.6. The van der Waals surface area contributed by atoms with Gasteiger partial charge in [-0.05, 0) is 43.7 Å². The van der Waals surface area contributed by atoms with E-state index in [-0.39, 0.29) is 14.9 Å². The highest BCUT2D eigenvalue weighted by Crippen LogP contribution is 2.30. The molecule has 2 aromatic rings. The SMILES string of the molecule is Cc1ccc(N(CC(=O)NN)S(=O)(=O)c2ccc(Cl)c(Cl)c2)c(C)c1. The number of sulfonamides is 1. The van der Waals surface area contributed by atoms with Crippen LogP contribution in [0, 0.1) is 13.8 Å². The highest BCUT2D eigenvalue weighted by molar-refractivity contribution is 7.92. The Bertz CT molecular complexity index is 917. The third-order valence-corrected chi connectivity index (χ3v) is 6.04. The van der Waals surface area contributed by atoms with Gasteiger partial charge < -0.3 is 0 Å². The van der Waals surface area contributed by atoms with Crippen molar-refractivity contribution < 1.29 is 13.2 Å². The Morgan fingerprint density at radius 3 is 2.36 bits per heavy atom. The number of anilines is 1. The van der Waals surface area contributed by atoms with Gasteiger partial charge in [0.1, 0.15) is 6.54 Å². The lowest BCUT2D eigenvalue weighted by Crippen LogP contribution is -2.43. The van der Waals surface area contributed by atoms with E-state index < -0.39 is 22.5 Å². The minimum atomic E-state index is -4.06. The summed E-state index contributed by atoms with van der Waals surface area (Å²) in [6.07, 6.45) is 0. The van der Waals surface area contributed by atoms with E-state index in [4.69, 9.17) is 29.0 Å². The lowest BCUT2D eigenvalue weighted by atomic mass is 10.1. The molecule has 0 bridgehead atoms. The topological polar surface area (TPSA) is 92.5 Å². The van der Waals surface area contributed by atoms with Crippen molar-refractivity contribution in [1.29, 1.82) is 0 Å². The summed E-state index contributed by atoms with van der Waals surface area (Å²) in [7, 11) is -4.06. The molecule has 25 heavy (non-hydrogen) atoms. The number of carbonyl (C=O) groups excluding carboxylic acids is 1. The molecule has 0 radical (unpaired) electrons. The number of halogens is 2. The van der Waals surface area contributed by atoms with Crippen LogP contribution in [0.3, 0.4) is 0 Å². The van der Waals surface area contributed by atoms with Crippen molar-refractivity contribution in [2.75, 3.05) is 10.8 Å². The van der Waals surface area contributed by atoms with Crippen LogP contribution >= 0.6 is 23.2 Å². The Morgan fingerprint density at radius 1 is 1.12 bits per heavy atom. The first-order chi connectivity index (χ1) is 11.7. The van der Waals surface area contributed by atoms with Gasteiger partial charge in [-0.2, -0.15) is 0 Å². The summed E-state index contributed by atoms with van der Waals surface area (Å²) < 4.78 is 27.2. The number of carbonyl (C=O) groups is 1. The van der Waals surface area contributed by atoms with Crippen molar-refractivity contribution in [3.05, 3.63) is 57.6 Å². The second-order valence-electron chi connectivity index (χ2n) is 5.45.